The molecule has 4 atom stereocenters. The van der Waals surface area contributed by atoms with Crippen molar-refractivity contribution in [1.82, 2.24) is 0 Å². The first kappa shape index (κ1) is 28.0. The third-order valence-electron chi connectivity index (χ3n) is 10.6. The number of halogens is 2. The van der Waals surface area contributed by atoms with E-state index in [0.29, 0.717) is 11.8 Å². The first-order chi connectivity index (χ1) is 18.9. The van der Waals surface area contributed by atoms with Crippen molar-refractivity contribution in [3.05, 3.63) is 117 Å². The van der Waals surface area contributed by atoms with Crippen LogP contribution < -0.4 is 0 Å². The van der Waals surface area contributed by atoms with Crippen LogP contribution in [-0.2, 0) is 16.4 Å². The Hall–Kier alpha value is -1.14. The maximum atomic E-state index is 8.39. The molecule has 0 fully saturated rings. The molecule has 0 N–H and O–H groups in total. The second kappa shape index (κ2) is 10.9. The van der Waals surface area contributed by atoms with Gasteiger partial charge in [0, 0.05) is 0 Å². The van der Waals surface area contributed by atoms with E-state index in [-0.39, 0.29) is 7.25 Å². The topological polar surface area (TPSA) is 0 Å². The fourth-order valence-electron chi connectivity index (χ4n) is 8.78. The Kier molecular flexibility index (Phi) is 7.85. The molecule has 205 valence electrons. The zero-order valence-corrected chi connectivity index (χ0v) is 27.8. The zero-order valence-electron chi connectivity index (χ0n) is 23.9. The van der Waals surface area contributed by atoms with Gasteiger partial charge in [0.2, 0.25) is 0 Å². The summed E-state index contributed by atoms with van der Waals surface area (Å²) in [6.45, 7) is 6.99. The summed E-state index contributed by atoms with van der Waals surface area (Å²) in [6, 6.07) is 22.3. The standard InChI is InChI=1S/2C17H19.C2H5.2ClH.Zr/c2*1-2-13-11-15-9-6-10-16(17(15)12-13)14-7-4-3-5-8-14;1-2;;;/h2*3-5,7-8,11-12,16H,2,6,9-10H2,1H3;1H2,2H3;2*1H;/q;;;;;+2/p-2. The van der Waals surface area contributed by atoms with Gasteiger partial charge in [-0.15, -0.1) is 0 Å². The predicted molar refractivity (Wildman–Crippen MR) is 167 cm³/mol. The van der Waals surface area contributed by atoms with Gasteiger partial charge in [0.05, 0.1) is 0 Å². The molecule has 0 bridgehead atoms. The molecule has 0 radical (unpaired) electrons. The minimum atomic E-state index is -4.54. The first-order valence-electron chi connectivity index (χ1n) is 15.4. The van der Waals surface area contributed by atoms with Crippen molar-refractivity contribution in [2.24, 2.45) is 0 Å². The molecule has 2 aromatic rings. The summed E-state index contributed by atoms with van der Waals surface area (Å²) in [5.41, 5.74) is 12.3. The predicted octanol–water partition coefficient (Wildman–Crippen LogP) is 12.2. The van der Waals surface area contributed by atoms with Crippen molar-refractivity contribution < 1.29 is 16.4 Å². The van der Waals surface area contributed by atoms with E-state index >= 15 is 0 Å². The molecule has 39 heavy (non-hydrogen) atoms. The zero-order chi connectivity index (χ0) is 27.2. The molecule has 0 spiro atoms. The Morgan fingerprint density at radius 3 is 1.41 bits per heavy atom. The van der Waals surface area contributed by atoms with E-state index in [0.717, 1.165) is 29.8 Å². The van der Waals surface area contributed by atoms with E-state index in [1.54, 1.807) is 22.3 Å². The van der Waals surface area contributed by atoms with Gasteiger partial charge in [-0.25, -0.2) is 0 Å². The monoisotopic (exact) mass is 635 g/mol. The fraction of sp³-hybridized carbons (Fsp3) is 0.444. The van der Waals surface area contributed by atoms with Crippen molar-refractivity contribution in [3.8, 4) is 0 Å². The van der Waals surface area contributed by atoms with Crippen LogP contribution in [0.5, 0.6) is 0 Å². The van der Waals surface area contributed by atoms with Crippen LogP contribution in [0, 0.1) is 0 Å². The Morgan fingerprint density at radius 1 is 0.641 bits per heavy atom. The van der Waals surface area contributed by atoms with Crippen LogP contribution in [0.15, 0.2) is 106 Å². The SMILES string of the molecule is CCC1=CC2=C(CCCC2c2ccccc2)[CH]1[Zr]([Cl])([Cl])([CH2]C)[CH]1C(CC)=CC2=C1CCCC2c1ccccc1. The van der Waals surface area contributed by atoms with Gasteiger partial charge in [-0.1, -0.05) is 0 Å². The first-order valence-corrected chi connectivity index (χ1v) is 26.4. The van der Waals surface area contributed by atoms with Crippen LogP contribution in [0.3, 0.4) is 0 Å². The van der Waals surface area contributed by atoms with E-state index in [2.05, 4.69) is 93.6 Å². The molecule has 0 aromatic heterocycles. The third-order valence-corrected chi connectivity index (χ3v) is 31.5. The molecule has 3 heteroatoms. The normalized spacial score (nSPS) is 28.0. The molecule has 2 aromatic carbocycles. The Bertz CT molecular complexity index is 1260. The van der Waals surface area contributed by atoms with E-state index in [1.807, 2.05) is 0 Å². The Balaban J connectivity index is 1.49. The van der Waals surface area contributed by atoms with Gasteiger partial charge in [0.25, 0.3) is 0 Å². The van der Waals surface area contributed by atoms with Crippen LogP contribution in [0.4, 0.5) is 0 Å². The van der Waals surface area contributed by atoms with Gasteiger partial charge in [0.15, 0.2) is 0 Å². The quantitative estimate of drug-likeness (QED) is 0.283. The average molecular weight is 638 g/mol. The van der Waals surface area contributed by atoms with Gasteiger partial charge in [-0.05, 0) is 0 Å². The molecular formula is C36H43Cl2Zr. The summed E-state index contributed by atoms with van der Waals surface area (Å²) < 4.78 is 1.49. The minimum absolute atomic E-state index is 0.273. The Morgan fingerprint density at radius 2 is 1.05 bits per heavy atom. The van der Waals surface area contributed by atoms with Gasteiger partial charge < -0.3 is 0 Å². The van der Waals surface area contributed by atoms with E-state index < -0.39 is 16.4 Å². The molecule has 6 rings (SSSR count). The maximum absolute atomic E-state index is 8.39. The van der Waals surface area contributed by atoms with Crippen molar-refractivity contribution in [2.45, 2.75) is 95.4 Å². The molecule has 0 nitrogen and oxygen atoms in total. The summed E-state index contributed by atoms with van der Waals surface area (Å²) in [7, 11) is 16.8. The number of hydrogen-bond donors (Lipinski definition) is 0. The fourth-order valence-corrected chi connectivity index (χ4v) is 28.2. The van der Waals surface area contributed by atoms with Crippen LogP contribution in [0.25, 0.3) is 0 Å². The summed E-state index contributed by atoms with van der Waals surface area (Å²) in [4.78, 5) is 0. The second-order valence-electron chi connectivity index (χ2n) is 12.4. The summed E-state index contributed by atoms with van der Waals surface area (Å²) in [5.74, 6) is 0.949. The van der Waals surface area contributed by atoms with Gasteiger partial charge in [-0.2, -0.15) is 0 Å². The van der Waals surface area contributed by atoms with E-state index in [4.69, 9.17) is 17.0 Å². The van der Waals surface area contributed by atoms with E-state index in [1.165, 1.54) is 48.0 Å². The van der Waals surface area contributed by atoms with Crippen LogP contribution >= 0.6 is 17.0 Å². The number of hydrogen-bond acceptors (Lipinski definition) is 0. The summed E-state index contributed by atoms with van der Waals surface area (Å²) in [5, 5.41) is 0. The number of benzene rings is 2. The molecule has 4 aliphatic rings. The molecule has 0 aliphatic heterocycles. The molecule has 4 aliphatic carbocycles. The number of allylic oxidation sites excluding steroid dienone is 8. The average Bonchev–Trinajstić information content (AvgIpc) is 3.58. The van der Waals surface area contributed by atoms with Crippen molar-refractivity contribution in [1.29, 1.82) is 0 Å². The molecule has 0 saturated heterocycles. The van der Waals surface area contributed by atoms with Gasteiger partial charge in [-0.3, -0.25) is 0 Å². The van der Waals surface area contributed by atoms with Crippen molar-refractivity contribution >= 4 is 17.0 Å². The van der Waals surface area contributed by atoms with E-state index in [9.17, 15) is 0 Å². The summed E-state index contributed by atoms with van der Waals surface area (Å²) in [6.07, 6.45) is 14.4. The number of rotatable bonds is 7. The summed E-state index contributed by atoms with van der Waals surface area (Å²) >= 11 is -4.54. The van der Waals surface area contributed by atoms with Crippen LogP contribution in [-0.4, -0.2) is 0 Å². The second-order valence-corrected chi connectivity index (χ2v) is 35.3. The molecule has 0 saturated carbocycles. The van der Waals surface area contributed by atoms with Crippen LogP contribution in [0.1, 0.15) is 95.1 Å². The van der Waals surface area contributed by atoms with Crippen molar-refractivity contribution in [3.63, 3.8) is 0 Å². The Labute approximate surface area is 244 Å². The third kappa shape index (κ3) is 4.58. The molecular weight excluding hydrogens is 595 g/mol. The van der Waals surface area contributed by atoms with Crippen LogP contribution in [0.2, 0.25) is 11.4 Å². The van der Waals surface area contributed by atoms with Gasteiger partial charge >= 0.3 is 246 Å². The molecule has 4 unspecified atom stereocenters. The van der Waals surface area contributed by atoms with Gasteiger partial charge in [0.1, 0.15) is 0 Å². The molecule has 0 heterocycles. The molecule has 0 amide bonds. The van der Waals surface area contributed by atoms with Crippen molar-refractivity contribution in [2.75, 3.05) is 0 Å².